The molecule has 0 atom stereocenters. The first-order chi connectivity index (χ1) is 16.9. The Labute approximate surface area is 231 Å². The number of nitrogens with one attached hydrogen (secondary N) is 2. The number of benzene rings is 3. The summed E-state index contributed by atoms with van der Waals surface area (Å²) in [4.78, 5) is 17.5. The molecule has 0 fully saturated rings. The minimum Gasteiger partial charge on any atom is -0.451 e. The summed E-state index contributed by atoms with van der Waals surface area (Å²) in [6.07, 6.45) is 0. The van der Waals surface area contributed by atoms with E-state index in [0.29, 0.717) is 16.5 Å². The molecule has 0 saturated carbocycles. The second-order valence-corrected chi connectivity index (χ2v) is 11.0. The average molecular weight is 648 g/mol. The minimum absolute atomic E-state index is 0.126. The first-order valence-electron chi connectivity index (χ1n) is 10.2. The third-order valence-corrected chi connectivity index (χ3v) is 7.58. The molecule has 3 aromatic carbocycles. The van der Waals surface area contributed by atoms with Crippen LogP contribution in [-0.2, 0) is 0 Å². The van der Waals surface area contributed by atoms with Gasteiger partial charge < -0.3 is 9.73 Å². The maximum absolute atomic E-state index is 12.8. The highest BCUT2D eigenvalue weighted by molar-refractivity contribution is 9.11. The summed E-state index contributed by atoms with van der Waals surface area (Å²) in [6, 6.07) is 22.3. The fourth-order valence-electron chi connectivity index (χ4n) is 3.42. The number of carbonyl (C=O) groups excluding carboxylic acids is 1. The largest absolute Gasteiger partial charge is 0.451 e. The number of rotatable bonds is 4. The van der Waals surface area contributed by atoms with Crippen molar-refractivity contribution in [2.45, 2.75) is 0 Å². The number of amides is 1. The van der Waals surface area contributed by atoms with Gasteiger partial charge in [0.1, 0.15) is 10.8 Å². The van der Waals surface area contributed by atoms with Gasteiger partial charge in [-0.05, 0) is 76.7 Å². The number of hydrogen-bond donors (Lipinski definition) is 2. The van der Waals surface area contributed by atoms with Gasteiger partial charge in [0, 0.05) is 25.1 Å². The maximum atomic E-state index is 12.8. The number of fused-ring (bicyclic) bond motifs is 1. The van der Waals surface area contributed by atoms with E-state index in [1.54, 1.807) is 35.6 Å². The molecule has 2 heterocycles. The Morgan fingerprint density at radius 1 is 1.03 bits per heavy atom. The lowest BCUT2D eigenvalue weighted by Crippen LogP contribution is -2.34. The summed E-state index contributed by atoms with van der Waals surface area (Å²) in [5.41, 5.74) is 3.22. The van der Waals surface area contributed by atoms with Crippen molar-refractivity contribution in [2.24, 2.45) is 0 Å². The van der Waals surface area contributed by atoms with Crippen molar-refractivity contribution in [2.75, 3.05) is 5.32 Å². The number of thiazole rings is 1. The van der Waals surface area contributed by atoms with Gasteiger partial charge in [0.25, 0.3) is 5.91 Å². The molecule has 0 aliphatic heterocycles. The summed E-state index contributed by atoms with van der Waals surface area (Å²) in [7, 11) is 0. The molecular formula is C25H14Br2ClN3O2S2. The lowest BCUT2D eigenvalue weighted by molar-refractivity contribution is 0.0951. The molecule has 0 bridgehead atoms. The second kappa shape index (κ2) is 10.2. The molecule has 10 heteroatoms. The van der Waals surface area contributed by atoms with Crippen LogP contribution < -0.4 is 10.6 Å². The molecule has 2 N–H and O–H groups in total. The maximum Gasteiger partial charge on any atom is 0.293 e. The zero-order valence-corrected chi connectivity index (χ0v) is 23.2. The molecule has 5 aromatic rings. The van der Waals surface area contributed by atoms with Gasteiger partial charge in [0.05, 0.1) is 15.9 Å². The van der Waals surface area contributed by atoms with Gasteiger partial charge in [-0.3, -0.25) is 10.1 Å². The Balaban J connectivity index is 1.37. The van der Waals surface area contributed by atoms with Crippen LogP contribution >= 0.6 is 67.0 Å². The third kappa shape index (κ3) is 5.34. The minimum atomic E-state index is -0.467. The van der Waals surface area contributed by atoms with Gasteiger partial charge in [-0.25, -0.2) is 4.98 Å². The van der Waals surface area contributed by atoms with Crippen molar-refractivity contribution >= 4 is 93.9 Å². The Bertz CT molecular complexity index is 1570. The fourth-order valence-corrected chi connectivity index (χ4v) is 6.12. The van der Waals surface area contributed by atoms with E-state index in [0.717, 1.165) is 35.3 Å². The lowest BCUT2D eigenvalue weighted by Gasteiger charge is -2.14. The number of nitrogens with zero attached hydrogens (tertiary/aromatic N) is 1. The van der Waals surface area contributed by atoms with E-state index in [1.165, 1.54) is 0 Å². The smallest absolute Gasteiger partial charge is 0.293 e. The molecule has 2 aromatic heterocycles. The van der Waals surface area contributed by atoms with Crippen molar-refractivity contribution in [3.8, 4) is 21.9 Å². The predicted molar refractivity (Wildman–Crippen MR) is 153 cm³/mol. The highest BCUT2D eigenvalue weighted by Crippen LogP contribution is 2.40. The Hall–Kier alpha value is -2.56. The van der Waals surface area contributed by atoms with Crippen LogP contribution in [0.2, 0.25) is 5.02 Å². The summed E-state index contributed by atoms with van der Waals surface area (Å²) >= 11 is 20.2. The summed E-state index contributed by atoms with van der Waals surface area (Å²) in [5.74, 6) is 0.196. The van der Waals surface area contributed by atoms with Crippen LogP contribution in [0.4, 0.5) is 5.69 Å². The van der Waals surface area contributed by atoms with Gasteiger partial charge in [-0.1, -0.05) is 51.8 Å². The van der Waals surface area contributed by atoms with Crippen LogP contribution in [0, 0.1) is 0 Å². The van der Waals surface area contributed by atoms with Crippen LogP contribution in [0.15, 0.2) is 86.2 Å². The van der Waals surface area contributed by atoms with Crippen LogP contribution in [0.25, 0.3) is 32.1 Å². The van der Waals surface area contributed by atoms with E-state index in [4.69, 9.17) is 33.2 Å². The number of para-hydroxylation sites is 1. The van der Waals surface area contributed by atoms with Crippen LogP contribution in [0.3, 0.4) is 0 Å². The molecule has 5 rings (SSSR count). The van der Waals surface area contributed by atoms with Crippen molar-refractivity contribution in [3.63, 3.8) is 0 Å². The lowest BCUT2D eigenvalue weighted by atomic mass is 10.2. The van der Waals surface area contributed by atoms with E-state index in [9.17, 15) is 4.79 Å². The normalized spacial score (nSPS) is 10.9. The van der Waals surface area contributed by atoms with Crippen LogP contribution in [0.1, 0.15) is 10.6 Å². The molecule has 0 radical (unpaired) electrons. The Kier molecular flexibility index (Phi) is 7.04. The second-order valence-electron chi connectivity index (χ2n) is 7.38. The zero-order chi connectivity index (χ0) is 24.5. The van der Waals surface area contributed by atoms with E-state index in [2.05, 4.69) is 42.5 Å². The molecule has 0 aliphatic carbocycles. The molecule has 35 heavy (non-hydrogen) atoms. The number of hydrogen-bond acceptors (Lipinski definition) is 5. The van der Waals surface area contributed by atoms with Crippen molar-refractivity contribution < 1.29 is 9.21 Å². The number of anilines is 1. The van der Waals surface area contributed by atoms with Gasteiger partial charge in [0.2, 0.25) is 0 Å². The van der Waals surface area contributed by atoms with Crippen molar-refractivity contribution in [1.82, 2.24) is 10.3 Å². The topological polar surface area (TPSA) is 67.2 Å². The molecule has 174 valence electrons. The number of halogens is 3. The summed E-state index contributed by atoms with van der Waals surface area (Å²) in [6.45, 7) is 0. The molecule has 0 unspecified atom stereocenters. The third-order valence-electron chi connectivity index (χ3n) is 4.98. The van der Waals surface area contributed by atoms with E-state index in [1.807, 2.05) is 48.5 Å². The number of carbonyl (C=O) groups is 1. The molecule has 0 saturated heterocycles. The van der Waals surface area contributed by atoms with Crippen LogP contribution in [-0.4, -0.2) is 16.0 Å². The monoisotopic (exact) mass is 645 g/mol. The standard InChI is InChI=1S/C25H14Br2ClN3O2S2/c26-14-11-16(24-29-18-6-1-2-7-21(18)35-24)22(17(27)12-14)30-25(34)31-23(32)20-9-8-19(33-20)13-4-3-5-15(28)10-13/h1-12H,(H2,30,31,32,34). The predicted octanol–water partition coefficient (Wildman–Crippen LogP) is 8.53. The van der Waals surface area contributed by atoms with Crippen molar-refractivity contribution in [1.29, 1.82) is 0 Å². The van der Waals surface area contributed by atoms with E-state index in [-0.39, 0.29) is 10.9 Å². The summed E-state index contributed by atoms with van der Waals surface area (Å²) in [5, 5.41) is 7.34. The average Bonchev–Trinajstić information content (AvgIpc) is 3.48. The zero-order valence-electron chi connectivity index (χ0n) is 17.6. The number of thiocarbonyl (C=S) groups is 1. The molecule has 1 amide bonds. The van der Waals surface area contributed by atoms with Gasteiger partial charge in [0.15, 0.2) is 10.9 Å². The highest BCUT2D eigenvalue weighted by Gasteiger charge is 2.18. The van der Waals surface area contributed by atoms with Crippen LogP contribution in [0.5, 0.6) is 0 Å². The van der Waals surface area contributed by atoms with Crippen molar-refractivity contribution in [3.05, 3.63) is 92.5 Å². The van der Waals surface area contributed by atoms with E-state index < -0.39 is 5.91 Å². The number of aromatic nitrogens is 1. The SMILES string of the molecule is O=C(NC(=S)Nc1c(Br)cc(Br)cc1-c1nc2ccccc2s1)c1ccc(-c2cccc(Cl)c2)o1. The first-order valence-corrected chi connectivity index (χ1v) is 13.4. The van der Waals surface area contributed by atoms with Gasteiger partial charge in [-0.2, -0.15) is 0 Å². The summed E-state index contributed by atoms with van der Waals surface area (Å²) < 4.78 is 8.44. The Morgan fingerprint density at radius 3 is 2.66 bits per heavy atom. The number of furan rings is 1. The highest BCUT2D eigenvalue weighted by atomic mass is 79.9. The quantitative estimate of drug-likeness (QED) is 0.192. The fraction of sp³-hybridized carbons (Fsp3) is 0. The first kappa shape index (κ1) is 24.1. The molecule has 0 spiro atoms. The molecular weight excluding hydrogens is 634 g/mol. The molecule has 5 nitrogen and oxygen atoms in total. The Morgan fingerprint density at radius 2 is 1.86 bits per heavy atom. The molecule has 0 aliphatic rings. The van der Waals surface area contributed by atoms with Gasteiger partial charge >= 0.3 is 0 Å². The van der Waals surface area contributed by atoms with E-state index >= 15 is 0 Å². The van der Waals surface area contributed by atoms with Gasteiger partial charge in [-0.15, -0.1) is 11.3 Å².